The monoisotopic (exact) mass is 309 g/mol. The zero-order valence-corrected chi connectivity index (χ0v) is 13.6. The van der Waals surface area contributed by atoms with E-state index in [9.17, 15) is 9.90 Å². The third-order valence-electron chi connectivity index (χ3n) is 4.42. The van der Waals surface area contributed by atoms with E-state index in [4.69, 9.17) is 4.52 Å². The van der Waals surface area contributed by atoms with E-state index < -0.39 is 0 Å². The summed E-state index contributed by atoms with van der Waals surface area (Å²) in [5, 5.41) is 16.1. The second kappa shape index (κ2) is 8.29. The lowest BCUT2D eigenvalue weighted by atomic mass is 10.1. The first-order valence-electron chi connectivity index (χ1n) is 8.15. The largest absolute Gasteiger partial charge is 0.395 e. The number of hydrogen-bond acceptors (Lipinski definition) is 5. The highest BCUT2D eigenvalue weighted by Gasteiger charge is 2.22. The zero-order chi connectivity index (χ0) is 15.9. The number of aliphatic hydroxyl groups is 1. The third-order valence-corrected chi connectivity index (χ3v) is 4.42. The third kappa shape index (κ3) is 4.55. The molecule has 2 N–H and O–H groups in total. The molecule has 0 aromatic carbocycles. The molecule has 0 radical (unpaired) electrons. The Morgan fingerprint density at radius 3 is 2.95 bits per heavy atom. The van der Waals surface area contributed by atoms with Gasteiger partial charge < -0.3 is 14.9 Å². The Hall–Kier alpha value is -1.40. The van der Waals surface area contributed by atoms with Crippen molar-refractivity contribution in [1.29, 1.82) is 0 Å². The normalized spacial score (nSPS) is 18.8. The van der Waals surface area contributed by atoms with Crippen LogP contribution in [0.1, 0.15) is 42.7 Å². The van der Waals surface area contributed by atoms with Gasteiger partial charge in [-0.15, -0.1) is 0 Å². The number of nitrogens with zero attached hydrogens (tertiary/aromatic N) is 2. The molecule has 0 spiro atoms. The maximum Gasteiger partial charge on any atom is 0.224 e. The molecule has 2 rings (SSSR count). The van der Waals surface area contributed by atoms with Gasteiger partial charge in [-0.3, -0.25) is 9.69 Å². The van der Waals surface area contributed by atoms with E-state index in [0.29, 0.717) is 19.0 Å². The number of aliphatic hydroxyl groups excluding tert-OH is 1. The van der Waals surface area contributed by atoms with Gasteiger partial charge in [-0.1, -0.05) is 5.16 Å². The molecule has 6 heteroatoms. The van der Waals surface area contributed by atoms with E-state index in [1.807, 2.05) is 13.8 Å². The summed E-state index contributed by atoms with van der Waals surface area (Å²) in [7, 11) is 0. The maximum absolute atomic E-state index is 11.9. The topological polar surface area (TPSA) is 78.6 Å². The SMILES string of the molecule is Cc1noc(C)c1CC(=O)NCCCCN1CCCC1CO. The van der Waals surface area contributed by atoms with Crippen molar-refractivity contribution < 1.29 is 14.4 Å². The second-order valence-electron chi connectivity index (χ2n) is 6.05. The summed E-state index contributed by atoms with van der Waals surface area (Å²) < 4.78 is 5.06. The van der Waals surface area contributed by atoms with Crippen molar-refractivity contribution in [2.75, 3.05) is 26.2 Å². The van der Waals surface area contributed by atoms with Gasteiger partial charge in [0, 0.05) is 18.2 Å². The molecule has 0 bridgehead atoms. The Kier molecular flexibility index (Phi) is 6.39. The smallest absolute Gasteiger partial charge is 0.224 e. The summed E-state index contributed by atoms with van der Waals surface area (Å²) in [6, 6.07) is 0.342. The fraction of sp³-hybridized carbons (Fsp3) is 0.750. The highest BCUT2D eigenvalue weighted by atomic mass is 16.5. The van der Waals surface area contributed by atoms with Gasteiger partial charge >= 0.3 is 0 Å². The molecule has 1 fully saturated rings. The van der Waals surface area contributed by atoms with Gasteiger partial charge in [0.25, 0.3) is 0 Å². The maximum atomic E-state index is 11.9. The number of carbonyl (C=O) groups excluding carboxylic acids is 1. The molecular formula is C16H27N3O3. The van der Waals surface area contributed by atoms with Crippen LogP contribution < -0.4 is 5.32 Å². The number of rotatable bonds is 8. The highest BCUT2D eigenvalue weighted by molar-refractivity contribution is 5.78. The Bertz CT molecular complexity index is 467. The summed E-state index contributed by atoms with van der Waals surface area (Å²) in [5.41, 5.74) is 1.68. The first-order valence-corrected chi connectivity index (χ1v) is 8.15. The number of aryl methyl sites for hydroxylation is 2. The molecule has 1 aromatic rings. The van der Waals surface area contributed by atoms with Gasteiger partial charge in [-0.05, 0) is 52.6 Å². The highest BCUT2D eigenvalue weighted by Crippen LogP contribution is 2.17. The molecular weight excluding hydrogens is 282 g/mol. The van der Waals surface area contributed by atoms with Crippen LogP contribution in [0.2, 0.25) is 0 Å². The van der Waals surface area contributed by atoms with Crippen LogP contribution in [0, 0.1) is 13.8 Å². The Labute approximate surface area is 131 Å². The van der Waals surface area contributed by atoms with Crippen LogP contribution in [0.5, 0.6) is 0 Å². The second-order valence-corrected chi connectivity index (χ2v) is 6.05. The van der Waals surface area contributed by atoms with Crippen LogP contribution in [0.15, 0.2) is 4.52 Å². The summed E-state index contributed by atoms with van der Waals surface area (Å²) in [6.45, 7) is 6.73. The van der Waals surface area contributed by atoms with Crippen LogP contribution in [0.3, 0.4) is 0 Å². The fourth-order valence-corrected chi connectivity index (χ4v) is 3.04. The molecule has 1 aliphatic heterocycles. The van der Waals surface area contributed by atoms with Gasteiger partial charge in [-0.2, -0.15) is 0 Å². The van der Waals surface area contributed by atoms with Crippen molar-refractivity contribution in [2.45, 2.75) is 52.0 Å². The van der Waals surface area contributed by atoms with Crippen LogP contribution in [-0.2, 0) is 11.2 Å². The molecule has 1 aromatic heterocycles. The van der Waals surface area contributed by atoms with Gasteiger partial charge in [0.15, 0.2) is 0 Å². The van der Waals surface area contributed by atoms with Crippen molar-refractivity contribution >= 4 is 5.91 Å². The predicted molar refractivity (Wildman–Crippen MR) is 83.6 cm³/mol. The summed E-state index contributed by atoms with van der Waals surface area (Å²) in [6.07, 6.45) is 4.62. The molecule has 1 amide bonds. The first kappa shape index (κ1) is 17.0. The molecule has 124 valence electrons. The summed E-state index contributed by atoms with van der Waals surface area (Å²) in [5.74, 6) is 0.737. The Morgan fingerprint density at radius 2 is 2.27 bits per heavy atom. The van der Waals surface area contributed by atoms with E-state index in [1.165, 1.54) is 6.42 Å². The van der Waals surface area contributed by atoms with E-state index in [-0.39, 0.29) is 12.5 Å². The minimum atomic E-state index is 0.0174. The van der Waals surface area contributed by atoms with E-state index in [1.54, 1.807) is 0 Å². The molecule has 22 heavy (non-hydrogen) atoms. The number of aromatic nitrogens is 1. The predicted octanol–water partition coefficient (Wildman–Crippen LogP) is 1.19. The van der Waals surface area contributed by atoms with Crippen LogP contribution in [-0.4, -0.2) is 53.4 Å². The molecule has 6 nitrogen and oxygen atoms in total. The molecule has 1 unspecified atom stereocenters. The van der Waals surface area contributed by atoms with Crippen LogP contribution in [0.25, 0.3) is 0 Å². The lowest BCUT2D eigenvalue weighted by Gasteiger charge is -2.22. The molecule has 0 saturated carbocycles. The first-order chi connectivity index (χ1) is 10.6. The fourth-order valence-electron chi connectivity index (χ4n) is 3.04. The number of hydrogen-bond donors (Lipinski definition) is 2. The van der Waals surface area contributed by atoms with E-state index in [0.717, 1.165) is 49.4 Å². The van der Waals surface area contributed by atoms with Crippen molar-refractivity contribution in [2.24, 2.45) is 0 Å². The Morgan fingerprint density at radius 1 is 1.45 bits per heavy atom. The van der Waals surface area contributed by atoms with E-state index >= 15 is 0 Å². The number of nitrogens with one attached hydrogen (secondary N) is 1. The van der Waals surface area contributed by atoms with Crippen molar-refractivity contribution in [3.63, 3.8) is 0 Å². The minimum absolute atomic E-state index is 0.0174. The molecule has 1 saturated heterocycles. The van der Waals surface area contributed by atoms with Crippen molar-refractivity contribution in [3.05, 3.63) is 17.0 Å². The lowest BCUT2D eigenvalue weighted by molar-refractivity contribution is -0.120. The van der Waals surface area contributed by atoms with Crippen molar-refractivity contribution in [3.8, 4) is 0 Å². The quantitative estimate of drug-likeness (QED) is 0.705. The van der Waals surface area contributed by atoms with Gasteiger partial charge in [0.05, 0.1) is 18.7 Å². The average Bonchev–Trinajstić information content (AvgIpc) is 3.08. The van der Waals surface area contributed by atoms with Crippen LogP contribution >= 0.6 is 0 Å². The van der Waals surface area contributed by atoms with Gasteiger partial charge in [0.1, 0.15) is 5.76 Å². The minimum Gasteiger partial charge on any atom is -0.395 e. The number of unbranched alkanes of at least 4 members (excludes halogenated alkanes) is 1. The lowest BCUT2D eigenvalue weighted by Crippen LogP contribution is -2.33. The average molecular weight is 309 g/mol. The van der Waals surface area contributed by atoms with Crippen LogP contribution in [0.4, 0.5) is 0 Å². The number of likely N-dealkylation sites (tertiary alicyclic amines) is 1. The Balaban J connectivity index is 1.59. The number of amides is 1. The summed E-state index contributed by atoms with van der Waals surface area (Å²) in [4.78, 5) is 14.3. The molecule has 1 atom stereocenters. The molecule has 1 aliphatic rings. The van der Waals surface area contributed by atoms with Gasteiger partial charge in [-0.25, -0.2) is 0 Å². The van der Waals surface area contributed by atoms with E-state index in [2.05, 4.69) is 15.4 Å². The number of carbonyl (C=O) groups is 1. The zero-order valence-electron chi connectivity index (χ0n) is 13.6. The molecule has 0 aliphatic carbocycles. The van der Waals surface area contributed by atoms with Gasteiger partial charge in [0.2, 0.25) is 5.91 Å². The van der Waals surface area contributed by atoms with Crippen molar-refractivity contribution in [1.82, 2.24) is 15.4 Å². The molecule has 2 heterocycles. The summed E-state index contributed by atoms with van der Waals surface area (Å²) >= 11 is 0. The standard InChI is InChI=1S/C16H27N3O3/c1-12-15(13(2)22-18-12)10-16(21)17-7-3-4-8-19-9-5-6-14(19)11-20/h14,20H,3-11H2,1-2H3,(H,17,21).